The number of likely N-dealkylation sites (tertiary alicyclic amines) is 1. The Kier molecular flexibility index (Phi) is 4.71. The normalized spacial score (nSPS) is 17.1. The van der Waals surface area contributed by atoms with Gasteiger partial charge in [0, 0.05) is 30.8 Å². The second-order valence-corrected chi connectivity index (χ2v) is 5.30. The number of aromatic nitrogens is 2. The molecule has 1 atom stereocenters. The molecule has 2 heterocycles. The molecule has 1 amide bonds. The molecule has 1 fully saturated rings. The Morgan fingerprint density at radius 3 is 2.83 bits per heavy atom. The standard InChI is InChI=1S/C17H19N3O3/c1-2-22-14-7-5-13(6-8-14)17(21)20-11-9-15(12-20)23-16-4-3-10-18-19-16/h3-8,10,15H,2,9,11-12H2,1H3. The minimum absolute atomic E-state index is 0.0123. The molecule has 2 aromatic rings. The van der Waals surface area contributed by atoms with Crippen LogP contribution in [0.5, 0.6) is 11.6 Å². The van der Waals surface area contributed by atoms with E-state index in [0.717, 1.165) is 12.2 Å². The third kappa shape index (κ3) is 3.77. The van der Waals surface area contributed by atoms with E-state index in [9.17, 15) is 4.79 Å². The van der Waals surface area contributed by atoms with Crippen LogP contribution in [-0.2, 0) is 0 Å². The molecule has 1 aliphatic rings. The maximum Gasteiger partial charge on any atom is 0.253 e. The Hall–Kier alpha value is -2.63. The first kappa shape index (κ1) is 15.3. The van der Waals surface area contributed by atoms with Crippen molar-refractivity contribution in [1.82, 2.24) is 15.1 Å². The number of hydrogen-bond donors (Lipinski definition) is 0. The molecule has 1 aromatic carbocycles. The van der Waals surface area contributed by atoms with Crippen LogP contribution in [0.15, 0.2) is 42.6 Å². The molecular formula is C17H19N3O3. The van der Waals surface area contributed by atoms with Crippen molar-refractivity contribution in [3.05, 3.63) is 48.2 Å². The molecule has 1 aliphatic heterocycles. The van der Waals surface area contributed by atoms with Crippen LogP contribution >= 0.6 is 0 Å². The predicted octanol–water partition coefficient (Wildman–Crippen LogP) is 2.17. The third-order valence-corrected chi connectivity index (χ3v) is 3.68. The summed E-state index contributed by atoms with van der Waals surface area (Å²) in [4.78, 5) is 14.3. The van der Waals surface area contributed by atoms with Crippen molar-refractivity contribution in [1.29, 1.82) is 0 Å². The summed E-state index contributed by atoms with van der Waals surface area (Å²) < 4.78 is 11.1. The molecule has 0 aliphatic carbocycles. The molecule has 3 rings (SSSR count). The van der Waals surface area contributed by atoms with Crippen LogP contribution < -0.4 is 9.47 Å². The highest BCUT2D eigenvalue weighted by Crippen LogP contribution is 2.19. The van der Waals surface area contributed by atoms with Crippen LogP contribution in [0.3, 0.4) is 0 Å². The average molecular weight is 313 g/mol. The number of hydrogen-bond acceptors (Lipinski definition) is 5. The number of carbonyl (C=O) groups is 1. The average Bonchev–Trinajstić information content (AvgIpc) is 3.05. The topological polar surface area (TPSA) is 64.5 Å². The summed E-state index contributed by atoms with van der Waals surface area (Å²) in [5.41, 5.74) is 0.661. The van der Waals surface area contributed by atoms with Gasteiger partial charge in [0.2, 0.25) is 5.88 Å². The molecule has 1 unspecified atom stereocenters. The van der Waals surface area contributed by atoms with Crippen LogP contribution in [0, 0.1) is 0 Å². The predicted molar refractivity (Wildman–Crippen MR) is 84.6 cm³/mol. The number of ether oxygens (including phenoxy) is 2. The number of nitrogens with zero attached hydrogens (tertiary/aromatic N) is 3. The maximum atomic E-state index is 12.5. The van der Waals surface area contributed by atoms with Crippen LogP contribution in [0.4, 0.5) is 0 Å². The molecule has 6 heteroatoms. The van der Waals surface area contributed by atoms with Crippen LogP contribution in [0.1, 0.15) is 23.7 Å². The lowest BCUT2D eigenvalue weighted by Crippen LogP contribution is -2.31. The van der Waals surface area contributed by atoms with Crippen LogP contribution in [0.2, 0.25) is 0 Å². The Bertz CT molecular complexity index is 646. The maximum absolute atomic E-state index is 12.5. The van der Waals surface area contributed by atoms with Gasteiger partial charge in [-0.05, 0) is 37.3 Å². The van der Waals surface area contributed by atoms with Gasteiger partial charge in [-0.3, -0.25) is 4.79 Å². The van der Waals surface area contributed by atoms with E-state index in [2.05, 4.69) is 10.2 Å². The zero-order chi connectivity index (χ0) is 16.1. The summed E-state index contributed by atoms with van der Waals surface area (Å²) in [5.74, 6) is 1.28. The van der Waals surface area contributed by atoms with E-state index in [0.29, 0.717) is 31.1 Å². The number of amides is 1. The van der Waals surface area contributed by atoms with Crippen LogP contribution in [0.25, 0.3) is 0 Å². The van der Waals surface area contributed by atoms with Gasteiger partial charge in [0.15, 0.2) is 0 Å². The Balaban J connectivity index is 1.58. The van der Waals surface area contributed by atoms with Gasteiger partial charge in [0.05, 0.1) is 13.2 Å². The summed E-state index contributed by atoms with van der Waals surface area (Å²) in [7, 11) is 0. The summed E-state index contributed by atoms with van der Waals surface area (Å²) in [5, 5.41) is 7.69. The second kappa shape index (κ2) is 7.09. The van der Waals surface area contributed by atoms with Gasteiger partial charge >= 0.3 is 0 Å². The quantitative estimate of drug-likeness (QED) is 0.846. The van der Waals surface area contributed by atoms with Crippen molar-refractivity contribution in [3.63, 3.8) is 0 Å². The Morgan fingerprint density at radius 2 is 2.13 bits per heavy atom. The second-order valence-electron chi connectivity index (χ2n) is 5.30. The van der Waals surface area contributed by atoms with E-state index < -0.39 is 0 Å². The lowest BCUT2D eigenvalue weighted by molar-refractivity contribution is 0.0771. The van der Waals surface area contributed by atoms with E-state index in [4.69, 9.17) is 9.47 Å². The zero-order valence-electron chi connectivity index (χ0n) is 13.0. The zero-order valence-corrected chi connectivity index (χ0v) is 13.0. The van der Waals surface area contributed by atoms with Crippen molar-refractivity contribution in [2.24, 2.45) is 0 Å². The van der Waals surface area contributed by atoms with Gasteiger partial charge in [0.1, 0.15) is 11.9 Å². The number of rotatable bonds is 5. The first-order valence-electron chi connectivity index (χ1n) is 7.72. The smallest absolute Gasteiger partial charge is 0.253 e. The molecule has 120 valence electrons. The molecule has 0 spiro atoms. The van der Waals surface area contributed by atoms with Gasteiger partial charge in [0.25, 0.3) is 5.91 Å². The van der Waals surface area contributed by atoms with Crippen molar-refractivity contribution in [2.45, 2.75) is 19.4 Å². The highest BCUT2D eigenvalue weighted by molar-refractivity contribution is 5.94. The van der Waals surface area contributed by atoms with E-state index in [1.54, 1.807) is 35.4 Å². The molecule has 0 radical (unpaired) electrons. The first-order chi connectivity index (χ1) is 11.3. The van der Waals surface area contributed by atoms with E-state index in [-0.39, 0.29) is 12.0 Å². The van der Waals surface area contributed by atoms with E-state index in [1.807, 2.05) is 19.1 Å². The summed E-state index contributed by atoms with van der Waals surface area (Å²) in [6.07, 6.45) is 2.35. The molecule has 6 nitrogen and oxygen atoms in total. The molecule has 1 aromatic heterocycles. The molecule has 0 bridgehead atoms. The highest BCUT2D eigenvalue weighted by Gasteiger charge is 2.28. The summed E-state index contributed by atoms with van der Waals surface area (Å²) in [6.45, 7) is 3.78. The molecule has 23 heavy (non-hydrogen) atoms. The largest absolute Gasteiger partial charge is 0.494 e. The lowest BCUT2D eigenvalue weighted by atomic mass is 10.2. The fourth-order valence-corrected chi connectivity index (χ4v) is 2.57. The van der Waals surface area contributed by atoms with Crippen molar-refractivity contribution < 1.29 is 14.3 Å². The molecule has 0 N–H and O–H groups in total. The molecule has 1 saturated heterocycles. The van der Waals surface area contributed by atoms with Crippen LogP contribution in [-0.4, -0.2) is 46.8 Å². The number of benzene rings is 1. The van der Waals surface area contributed by atoms with Gasteiger partial charge in [-0.1, -0.05) is 0 Å². The third-order valence-electron chi connectivity index (χ3n) is 3.68. The molecular weight excluding hydrogens is 294 g/mol. The monoisotopic (exact) mass is 313 g/mol. The van der Waals surface area contributed by atoms with E-state index in [1.165, 1.54) is 0 Å². The van der Waals surface area contributed by atoms with Gasteiger partial charge in [-0.2, -0.15) is 5.10 Å². The fourth-order valence-electron chi connectivity index (χ4n) is 2.57. The summed E-state index contributed by atoms with van der Waals surface area (Å²) in [6, 6.07) is 10.8. The minimum Gasteiger partial charge on any atom is -0.494 e. The highest BCUT2D eigenvalue weighted by atomic mass is 16.5. The van der Waals surface area contributed by atoms with Crippen molar-refractivity contribution in [2.75, 3.05) is 19.7 Å². The molecule has 0 saturated carbocycles. The first-order valence-corrected chi connectivity index (χ1v) is 7.72. The van der Waals surface area contributed by atoms with Crippen molar-refractivity contribution in [3.8, 4) is 11.6 Å². The summed E-state index contributed by atoms with van der Waals surface area (Å²) >= 11 is 0. The SMILES string of the molecule is CCOc1ccc(C(=O)N2CCC(Oc3cccnn3)C2)cc1. The Labute approximate surface area is 135 Å². The van der Waals surface area contributed by atoms with Gasteiger partial charge in [-0.25, -0.2) is 0 Å². The van der Waals surface area contributed by atoms with Gasteiger partial charge in [-0.15, -0.1) is 5.10 Å². The Morgan fingerprint density at radius 1 is 1.30 bits per heavy atom. The van der Waals surface area contributed by atoms with E-state index >= 15 is 0 Å². The lowest BCUT2D eigenvalue weighted by Gasteiger charge is -2.17. The minimum atomic E-state index is -0.0432. The fraction of sp³-hybridized carbons (Fsp3) is 0.353. The number of carbonyl (C=O) groups excluding carboxylic acids is 1. The van der Waals surface area contributed by atoms with Gasteiger partial charge < -0.3 is 14.4 Å². The van der Waals surface area contributed by atoms with Crippen molar-refractivity contribution >= 4 is 5.91 Å².